The van der Waals surface area contributed by atoms with E-state index in [4.69, 9.17) is 0 Å². The number of nitrogens with zero attached hydrogens (tertiary/aromatic N) is 4. The molecule has 3 aromatic rings. The molecular formula is C22H26N4O3S. The number of anilines is 1. The molecule has 0 saturated carbocycles. The molecule has 0 radical (unpaired) electrons. The molecule has 0 aliphatic rings. The first-order valence-corrected chi connectivity index (χ1v) is 10.7. The molecule has 7 nitrogen and oxygen atoms in total. The van der Waals surface area contributed by atoms with Crippen molar-refractivity contribution < 1.29 is 4.79 Å². The van der Waals surface area contributed by atoms with E-state index >= 15 is 0 Å². The van der Waals surface area contributed by atoms with Crippen LogP contribution in [0.1, 0.15) is 19.4 Å². The van der Waals surface area contributed by atoms with Crippen LogP contribution in [-0.4, -0.2) is 32.8 Å². The third-order valence-electron chi connectivity index (χ3n) is 4.98. The number of rotatable bonds is 6. The van der Waals surface area contributed by atoms with Crippen LogP contribution >= 0.6 is 11.8 Å². The molecule has 0 N–H and O–H groups in total. The van der Waals surface area contributed by atoms with Crippen LogP contribution in [0.4, 0.5) is 5.69 Å². The van der Waals surface area contributed by atoms with Gasteiger partial charge in [-0.2, -0.15) is 0 Å². The molecule has 0 bridgehead atoms. The van der Waals surface area contributed by atoms with Crippen molar-refractivity contribution in [2.45, 2.75) is 25.2 Å². The van der Waals surface area contributed by atoms with Crippen molar-refractivity contribution in [3.63, 3.8) is 0 Å². The van der Waals surface area contributed by atoms with Gasteiger partial charge in [0.05, 0.1) is 11.1 Å². The van der Waals surface area contributed by atoms with E-state index in [1.807, 2.05) is 30.3 Å². The van der Waals surface area contributed by atoms with Crippen molar-refractivity contribution in [3.8, 4) is 0 Å². The van der Waals surface area contributed by atoms with Crippen LogP contribution in [-0.2, 0) is 25.3 Å². The monoisotopic (exact) mass is 426 g/mol. The predicted molar refractivity (Wildman–Crippen MR) is 121 cm³/mol. The minimum Gasteiger partial charge on any atom is -0.315 e. The number of fused-ring (bicyclic) bond motifs is 1. The summed E-state index contributed by atoms with van der Waals surface area (Å²) in [4.78, 5) is 44.8. The van der Waals surface area contributed by atoms with Gasteiger partial charge in [0.25, 0.3) is 5.56 Å². The van der Waals surface area contributed by atoms with Gasteiger partial charge in [-0.1, -0.05) is 32.0 Å². The molecule has 0 aliphatic carbocycles. The Bertz CT molecular complexity index is 1200. The van der Waals surface area contributed by atoms with Gasteiger partial charge in [-0.3, -0.25) is 18.7 Å². The van der Waals surface area contributed by atoms with Crippen molar-refractivity contribution >= 4 is 34.4 Å². The molecule has 0 saturated heterocycles. The molecule has 2 aromatic heterocycles. The first kappa shape index (κ1) is 21.8. The Morgan fingerprint density at radius 1 is 1.13 bits per heavy atom. The zero-order chi connectivity index (χ0) is 22.0. The lowest BCUT2D eigenvalue weighted by Crippen LogP contribution is -2.37. The molecule has 0 aliphatic heterocycles. The van der Waals surface area contributed by atoms with E-state index in [2.05, 4.69) is 18.8 Å². The summed E-state index contributed by atoms with van der Waals surface area (Å²) in [6.45, 7) is 4.18. The fourth-order valence-corrected chi connectivity index (χ4v) is 4.42. The Kier molecular flexibility index (Phi) is 6.45. The van der Waals surface area contributed by atoms with Crippen molar-refractivity contribution in [1.82, 2.24) is 14.1 Å². The lowest BCUT2D eigenvalue weighted by molar-refractivity contribution is -0.115. The van der Waals surface area contributed by atoms with Crippen molar-refractivity contribution in [3.05, 3.63) is 62.9 Å². The quantitative estimate of drug-likeness (QED) is 0.566. The van der Waals surface area contributed by atoms with Crippen molar-refractivity contribution in [2.24, 2.45) is 20.0 Å². The van der Waals surface area contributed by atoms with Gasteiger partial charge in [-0.15, -0.1) is 11.8 Å². The van der Waals surface area contributed by atoms with Gasteiger partial charge in [0.15, 0.2) is 0 Å². The number of aromatic nitrogens is 3. The molecule has 0 unspecified atom stereocenters. The molecule has 158 valence electrons. The number of para-hydroxylation sites is 1. The maximum absolute atomic E-state index is 13.0. The second-order valence-corrected chi connectivity index (χ2v) is 8.68. The largest absolute Gasteiger partial charge is 0.332 e. The first-order valence-electron chi connectivity index (χ1n) is 9.74. The molecule has 2 heterocycles. The summed E-state index contributed by atoms with van der Waals surface area (Å²) in [5.74, 6) is 0.442. The number of pyridine rings is 1. The fraction of sp³-hybridized carbons (Fsp3) is 0.364. The van der Waals surface area contributed by atoms with Gasteiger partial charge in [-0.25, -0.2) is 9.78 Å². The van der Waals surface area contributed by atoms with E-state index < -0.39 is 11.2 Å². The summed E-state index contributed by atoms with van der Waals surface area (Å²) in [6.07, 6.45) is 2.44. The summed E-state index contributed by atoms with van der Waals surface area (Å²) in [5.41, 5.74) is 1.24. The van der Waals surface area contributed by atoms with Gasteiger partial charge in [0.1, 0.15) is 5.65 Å². The highest BCUT2D eigenvalue weighted by Gasteiger charge is 2.20. The van der Waals surface area contributed by atoms with Crippen molar-refractivity contribution in [1.29, 1.82) is 0 Å². The Morgan fingerprint density at radius 3 is 2.43 bits per heavy atom. The summed E-state index contributed by atoms with van der Waals surface area (Å²) in [5, 5.41) is 0.387. The Labute approximate surface area is 179 Å². The van der Waals surface area contributed by atoms with Gasteiger partial charge in [-0.05, 0) is 30.0 Å². The molecule has 1 amide bonds. The van der Waals surface area contributed by atoms with Crippen LogP contribution < -0.4 is 16.1 Å². The van der Waals surface area contributed by atoms with Crippen LogP contribution in [0.2, 0.25) is 0 Å². The second-order valence-electron chi connectivity index (χ2n) is 7.69. The van der Waals surface area contributed by atoms with Crippen LogP contribution in [0, 0.1) is 5.92 Å². The van der Waals surface area contributed by atoms with Crippen LogP contribution in [0.5, 0.6) is 0 Å². The Morgan fingerprint density at radius 2 is 1.80 bits per heavy atom. The normalized spacial score (nSPS) is 11.3. The van der Waals surface area contributed by atoms with Crippen LogP contribution in [0.15, 0.2) is 51.0 Å². The summed E-state index contributed by atoms with van der Waals surface area (Å²) < 4.78 is 2.46. The SMILES string of the molecule is CC(C)Cc1cnc2c(c1SCC(=O)N(C)c1ccccc1)c(=O)n(C)c(=O)n2C. The van der Waals surface area contributed by atoms with Gasteiger partial charge < -0.3 is 4.90 Å². The van der Waals surface area contributed by atoms with E-state index in [0.29, 0.717) is 17.0 Å². The maximum Gasteiger partial charge on any atom is 0.332 e. The second kappa shape index (κ2) is 8.87. The number of carbonyl (C=O) groups excluding carboxylic acids is 1. The standard InChI is InChI=1S/C22H26N4O3S/c1-14(2)11-15-12-23-20-18(21(28)26(5)22(29)25(20)4)19(15)30-13-17(27)24(3)16-9-7-6-8-10-16/h6-10,12,14H,11,13H2,1-5H3. The van der Waals surface area contributed by atoms with E-state index in [-0.39, 0.29) is 11.7 Å². The highest BCUT2D eigenvalue weighted by atomic mass is 32.2. The third-order valence-corrected chi connectivity index (χ3v) is 6.13. The average molecular weight is 427 g/mol. The fourth-order valence-electron chi connectivity index (χ4n) is 3.32. The summed E-state index contributed by atoms with van der Waals surface area (Å²) in [7, 11) is 4.80. The topological polar surface area (TPSA) is 77.2 Å². The molecule has 0 spiro atoms. The molecular weight excluding hydrogens is 400 g/mol. The van der Waals surface area contributed by atoms with Gasteiger partial charge in [0, 0.05) is 37.9 Å². The van der Waals surface area contributed by atoms with E-state index in [9.17, 15) is 14.4 Å². The first-order chi connectivity index (χ1) is 14.2. The number of carbonyl (C=O) groups is 1. The van der Waals surface area contributed by atoms with Gasteiger partial charge >= 0.3 is 5.69 Å². The molecule has 8 heteroatoms. The van der Waals surface area contributed by atoms with Crippen LogP contribution in [0.25, 0.3) is 11.0 Å². The van der Waals surface area contributed by atoms with Crippen molar-refractivity contribution in [2.75, 3.05) is 17.7 Å². The van der Waals surface area contributed by atoms with E-state index in [1.165, 1.54) is 23.4 Å². The zero-order valence-corrected chi connectivity index (χ0v) is 18.7. The van der Waals surface area contributed by atoms with Crippen LogP contribution in [0.3, 0.4) is 0 Å². The molecule has 0 fully saturated rings. The number of aryl methyl sites for hydroxylation is 1. The lowest BCUT2D eigenvalue weighted by Gasteiger charge is -2.19. The number of benzene rings is 1. The molecule has 0 atom stereocenters. The Hall–Kier alpha value is -2.87. The Balaban J connectivity index is 2.05. The highest BCUT2D eigenvalue weighted by Crippen LogP contribution is 2.30. The third kappa shape index (κ3) is 4.18. The van der Waals surface area contributed by atoms with Gasteiger partial charge in [0.2, 0.25) is 5.91 Å². The number of hydrogen-bond donors (Lipinski definition) is 0. The zero-order valence-electron chi connectivity index (χ0n) is 17.9. The number of thioether (sulfide) groups is 1. The number of hydrogen-bond acceptors (Lipinski definition) is 5. The van der Waals surface area contributed by atoms with E-state index in [0.717, 1.165) is 27.1 Å². The minimum atomic E-state index is -0.424. The molecule has 3 rings (SSSR count). The average Bonchev–Trinajstić information content (AvgIpc) is 2.74. The summed E-state index contributed by atoms with van der Waals surface area (Å²) in [6, 6.07) is 9.42. The highest BCUT2D eigenvalue weighted by molar-refractivity contribution is 8.00. The number of amides is 1. The molecule has 30 heavy (non-hydrogen) atoms. The van der Waals surface area contributed by atoms with E-state index in [1.54, 1.807) is 25.2 Å². The lowest BCUT2D eigenvalue weighted by atomic mass is 10.0. The maximum atomic E-state index is 13.0. The smallest absolute Gasteiger partial charge is 0.315 e. The predicted octanol–water partition coefficient (Wildman–Crippen LogP) is 2.59. The molecule has 1 aromatic carbocycles. The summed E-state index contributed by atoms with van der Waals surface area (Å²) >= 11 is 1.33. The minimum absolute atomic E-state index is 0.0756.